The molecule has 0 spiro atoms. The molecule has 0 aromatic heterocycles. The van der Waals surface area contributed by atoms with E-state index in [4.69, 9.17) is 4.74 Å². The van der Waals surface area contributed by atoms with E-state index in [0.717, 1.165) is 11.1 Å². The molecule has 1 atom stereocenters. The van der Waals surface area contributed by atoms with Crippen molar-refractivity contribution in [2.45, 2.75) is 39.5 Å². The van der Waals surface area contributed by atoms with Gasteiger partial charge < -0.3 is 9.84 Å². The topological polar surface area (TPSA) is 63.6 Å². The Balaban J connectivity index is 3.47. The lowest BCUT2D eigenvalue weighted by Gasteiger charge is -2.27. The summed E-state index contributed by atoms with van der Waals surface area (Å²) in [5, 5.41) is 9.75. The second-order valence-corrected chi connectivity index (χ2v) is 5.29. The first kappa shape index (κ1) is 17.0. The standard InChI is InChI=1S/C17H22O4/c1-5-21-16(20)17(15(18)19,10-9-12(2)3)14-8-6-7-13(4)11-14/h6-9,11H,5,10H2,1-4H3,(H,18,19). The van der Waals surface area contributed by atoms with Crippen LogP contribution in [-0.2, 0) is 19.7 Å². The number of rotatable bonds is 6. The second-order valence-electron chi connectivity index (χ2n) is 5.29. The average molecular weight is 290 g/mol. The Kier molecular flexibility index (Phi) is 5.70. The number of benzene rings is 1. The van der Waals surface area contributed by atoms with E-state index < -0.39 is 17.4 Å². The third-order valence-electron chi connectivity index (χ3n) is 3.32. The number of esters is 1. The maximum atomic E-state index is 12.4. The summed E-state index contributed by atoms with van der Waals surface area (Å²) >= 11 is 0. The van der Waals surface area contributed by atoms with Crippen molar-refractivity contribution in [1.29, 1.82) is 0 Å². The lowest BCUT2D eigenvalue weighted by atomic mass is 9.76. The van der Waals surface area contributed by atoms with Gasteiger partial charge in [-0.15, -0.1) is 0 Å². The van der Waals surface area contributed by atoms with Gasteiger partial charge in [-0.1, -0.05) is 41.5 Å². The quantitative estimate of drug-likeness (QED) is 0.496. The average Bonchev–Trinajstić information content (AvgIpc) is 2.39. The molecule has 0 saturated carbocycles. The predicted octanol–water partition coefficient (Wildman–Crippen LogP) is 3.24. The first-order valence-electron chi connectivity index (χ1n) is 6.95. The van der Waals surface area contributed by atoms with Gasteiger partial charge in [0.05, 0.1) is 6.61 Å². The number of carboxylic acid groups (broad SMARTS) is 1. The molecule has 0 radical (unpaired) electrons. The highest BCUT2D eigenvalue weighted by Gasteiger charge is 2.48. The van der Waals surface area contributed by atoms with Gasteiger partial charge in [-0.25, -0.2) is 0 Å². The van der Waals surface area contributed by atoms with Gasteiger partial charge in [0, 0.05) is 0 Å². The van der Waals surface area contributed by atoms with Crippen molar-refractivity contribution in [3.63, 3.8) is 0 Å². The first-order chi connectivity index (χ1) is 9.84. The van der Waals surface area contributed by atoms with E-state index in [-0.39, 0.29) is 13.0 Å². The molecule has 0 fully saturated rings. The highest BCUT2D eigenvalue weighted by molar-refractivity contribution is 6.05. The maximum absolute atomic E-state index is 12.4. The highest BCUT2D eigenvalue weighted by Crippen LogP contribution is 2.32. The van der Waals surface area contributed by atoms with Crippen LogP contribution in [0.4, 0.5) is 0 Å². The fraction of sp³-hybridized carbons (Fsp3) is 0.412. The molecule has 1 aromatic carbocycles. The molecule has 0 bridgehead atoms. The highest BCUT2D eigenvalue weighted by atomic mass is 16.5. The fourth-order valence-corrected chi connectivity index (χ4v) is 2.14. The van der Waals surface area contributed by atoms with Gasteiger partial charge in [0.25, 0.3) is 0 Å². The molecular weight excluding hydrogens is 268 g/mol. The van der Waals surface area contributed by atoms with Crippen molar-refractivity contribution in [3.8, 4) is 0 Å². The van der Waals surface area contributed by atoms with E-state index in [1.165, 1.54) is 0 Å². The van der Waals surface area contributed by atoms with Crippen LogP contribution in [0.3, 0.4) is 0 Å². The summed E-state index contributed by atoms with van der Waals surface area (Å²) in [5.74, 6) is -1.91. The third-order valence-corrected chi connectivity index (χ3v) is 3.32. The van der Waals surface area contributed by atoms with Crippen molar-refractivity contribution >= 4 is 11.9 Å². The van der Waals surface area contributed by atoms with Crippen LogP contribution < -0.4 is 0 Å². The number of carbonyl (C=O) groups is 2. The summed E-state index contributed by atoms with van der Waals surface area (Å²) in [6.45, 7) is 7.42. The number of carbonyl (C=O) groups excluding carboxylic acids is 1. The Morgan fingerprint density at radius 1 is 1.33 bits per heavy atom. The Hall–Kier alpha value is -2.10. The van der Waals surface area contributed by atoms with E-state index in [1.807, 2.05) is 26.8 Å². The van der Waals surface area contributed by atoms with Crippen LogP contribution in [0.2, 0.25) is 0 Å². The van der Waals surface area contributed by atoms with Crippen LogP contribution >= 0.6 is 0 Å². The molecule has 0 aliphatic heterocycles. The summed E-state index contributed by atoms with van der Waals surface area (Å²) in [5.41, 5.74) is 0.613. The van der Waals surface area contributed by atoms with Crippen LogP contribution in [-0.4, -0.2) is 23.7 Å². The molecule has 4 heteroatoms. The molecule has 114 valence electrons. The van der Waals surface area contributed by atoms with Gasteiger partial charge in [0.1, 0.15) is 0 Å². The molecule has 21 heavy (non-hydrogen) atoms. The Morgan fingerprint density at radius 2 is 2.00 bits per heavy atom. The number of aryl methyl sites for hydroxylation is 1. The van der Waals surface area contributed by atoms with E-state index in [9.17, 15) is 14.7 Å². The van der Waals surface area contributed by atoms with Gasteiger partial charge in [-0.05, 0) is 39.7 Å². The predicted molar refractivity (Wildman–Crippen MR) is 81.2 cm³/mol. The van der Waals surface area contributed by atoms with Gasteiger partial charge in [0.15, 0.2) is 5.41 Å². The Labute approximate surface area is 125 Å². The minimum Gasteiger partial charge on any atom is -0.480 e. The number of carboxylic acids is 1. The summed E-state index contributed by atoms with van der Waals surface area (Å²) < 4.78 is 5.05. The number of hydrogen-bond acceptors (Lipinski definition) is 3. The minimum absolute atomic E-state index is 0.0763. The first-order valence-corrected chi connectivity index (χ1v) is 6.95. The molecular formula is C17H22O4. The Morgan fingerprint density at radius 3 is 2.48 bits per heavy atom. The van der Waals surface area contributed by atoms with Crippen LogP contribution in [0.25, 0.3) is 0 Å². The molecule has 0 heterocycles. The number of aliphatic carboxylic acids is 1. The van der Waals surface area contributed by atoms with Crippen molar-refractivity contribution < 1.29 is 19.4 Å². The molecule has 0 aliphatic carbocycles. The van der Waals surface area contributed by atoms with Gasteiger partial charge in [0.2, 0.25) is 0 Å². The van der Waals surface area contributed by atoms with Crippen LogP contribution in [0.1, 0.15) is 38.3 Å². The lowest BCUT2D eigenvalue weighted by Crippen LogP contribution is -2.44. The van der Waals surface area contributed by atoms with Gasteiger partial charge >= 0.3 is 11.9 Å². The van der Waals surface area contributed by atoms with E-state index >= 15 is 0 Å². The summed E-state index contributed by atoms with van der Waals surface area (Å²) in [6.07, 6.45) is 1.83. The zero-order valence-electron chi connectivity index (χ0n) is 13.0. The van der Waals surface area contributed by atoms with Crippen molar-refractivity contribution in [2.75, 3.05) is 6.61 Å². The van der Waals surface area contributed by atoms with E-state index in [2.05, 4.69) is 0 Å². The van der Waals surface area contributed by atoms with Crippen LogP contribution in [0, 0.1) is 6.92 Å². The van der Waals surface area contributed by atoms with E-state index in [1.54, 1.807) is 31.2 Å². The number of allylic oxidation sites excluding steroid dienone is 2. The molecule has 1 unspecified atom stereocenters. The summed E-state index contributed by atoms with van der Waals surface area (Å²) in [6, 6.07) is 7.01. The fourth-order valence-electron chi connectivity index (χ4n) is 2.14. The molecule has 4 nitrogen and oxygen atoms in total. The number of ether oxygens (including phenoxy) is 1. The summed E-state index contributed by atoms with van der Waals surface area (Å²) in [4.78, 5) is 24.3. The van der Waals surface area contributed by atoms with Crippen molar-refractivity contribution in [3.05, 3.63) is 47.0 Å². The monoisotopic (exact) mass is 290 g/mol. The maximum Gasteiger partial charge on any atom is 0.328 e. The van der Waals surface area contributed by atoms with Crippen LogP contribution in [0.5, 0.6) is 0 Å². The van der Waals surface area contributed by atoms with Gasteiger partial charge in [-0.3, -0.25) is 9.59 Å². The molecule has 0 amide bonds. The lowest BCUT2D eigenvalue weighted by molar-refractivity contribution is -0.161. The van der Waals surface area contributed by atoms with E-state index in [0.29, 0.717) is 5.56 Å². The Bertz CT molecular complexity index is 556. The minimum atomic E-state index is -1.70. The molecule has 1 N–H and O–H groups in total. The molecule has 1 rings (SSSR count). The van der Waals surface area contributed by atoms with Gasteiger partial charge in [-0.2, -0.15) is 0 Å². The second kappa shape index (κ2) is 7.07. The van der Waals surface area contributed by atoms with Crippen molar-refractivity contribution in [2.24, 2.45) is 0 Å². The molecule has 1 aromatic rings. The van der Waals surface area contributed by atoms with Crippen LogP contribution in [0.15, 0.2) is 35.9 Å². The normalized spacial score (nSPS) is 13.1. The third kappa shape index (κ3) is 3.72. The molecule has 0 aliphatic rings. The van der Waals surface area contributed by atoms with Crippen molar-refractivity contribution in [1.82, 2.24) is 0 Å². The molecule has 0 saturated heterocycles. The largest absolute Gasteiger partial charge is 0.480 e. The SMILES string of the molecule is CCOC(=O)C(CC=C(C)C)(C(=O)O)c1cccc(C)c1. The summed E-state index contributed by atoms with van der Waals surface area (Å²) in [7, 11) is 0. The zero-order valence-corrected chi connectivity index (χ0v) is 13.0. The number of hydrogen-bond donors (Lipinski definition) is 1. The smallest absolute Gasteiger partial charge is 0.328 e. The zero-order chi connectivity index (χ0) is 16.0.